The molecule has 0 amide bonds. The van der Waals surface area contributed by atoms with Crippen LogP contribution in [0, 0.1) is 0 Å². The van der Waals surface area contributed by atoms with Gasteiger partial charge in [0.15, 0.2) is 0 Å². The molecular weight excluding hydrogens is 212 g/mol. The summed E-state index contributed by atoms with van der Waals surface area (Å²) in [5, 5.41) is 0. The maximum absolute atomic E-state index is 6.10. The first kappa shape index (κ1) is 12.4. The van der Waals surface area contributed by atoms with E-state index < -0.39 is 0 Å². The summed E-state index contributed by atoms with van der Waals surface area (Å²) in [7, 11) is 0. The second-order valence-corrected chi connectivity index (χ2v) is 4.75. The molecule has 1 aromatic heterocycles. The van der Waals surface area contributed by atoms with Crippen LogP contribution in [-0.4, -0.2) is 17.6 Å². The highest BCUT2D eigenvalue weighted by molar-refractivity contribution is 5.30. The number of hydrogen-bond donors (Lipinski definition) is 1. The summed E-state index contributed by atoms with van der Waals surface area (Å²) >= 11 is 0. The van der Waals surface area contributed by atoms with E-state index in [0.29, 0.717) is 6.10 Å². The van der Waals surface area contributed by atoms with E-state index in [0.717, 1.165) is 25.1 Å². The number of nitrogens with zero attached hydrogens (tertiary/aromatic N) is 1. The van der Waals surface area contributed by atoms with Crippen LogP contribution in [0.2, 0.25) is 0 Å². The molecule has 1 aliphatic rings. The third kappa shape index (κ3) is 3.70. The van der Waals surface area contributed by atoms with E-state index in [1.807, 2.05) is 18.5 Å². The molecule has 1 heterocycles. The number of nitrogens with two attached hydrogens (primary N) is 1. The number of ether oxygens (including phenoxy) is 1. The highest BCUT2D eigenvalue weighted by atomic mass is 16.5. The van der Waals surface area contributed by atoms with Gasteiger partial charge in [0.1, 0.15) is 5.75 Å². The van der Waals surface area contributed by atoms with Gasteiger partial charge in [-0.05, 0) is 51.1 Å². The van der Waals surface area contributed by atoms with Crippen LogP contribution in [0.5, 0.6) is 5.75 Å². The van der Waals surface area contributed by atoms with Gasteiger partial charge in [-0.25, -0.2) is 0 Å². The lowest BCUT2D eigenvalue weighted by molar-refractivity contribution is 0.153. The standard InChI is InChI=1S/C14H22N2O/c15-9-4-5-12-11-16-10-8-14(12)17-13-6-2-1-3-7-13/h8,10-11,13H,1-7,9,15H2. The smallest absolute Gasteiger partial charge is 0.125 e. The van der Waals surface area contributed by atoms with Crippen LogP contribution >= 0.6 is 0 Å². The minimum Gasteiger partial charge on any atom is -0.490 e. The Morgan fingerprint density at radius 1 is 1.29 bits per heavy atom. The van der Waals surface area contributed by atoms with Crippen LogP contribution in [-0.2, 0) is 6.42 Å². The minimum atomic E-state index is 0.405. The molecule has 0 spiro atoms. The highest BCUT2D eigenvalue weighted by Crippen LogP contribution is 2.25. The summed E-state index contributed by atoms with van der Waals surface area (Å²) in [6.07, 6.45) is 12.4. The molecule has 0 atom stereocenters. The van der Waals surface area contributed by atoms with Gasteiger partial charge in [-0.1, -0.05) is 6.42 Å². The molecule has 3 heteroatoms. The summed E-state index contributed by atoms with van der Waals surface area (Å²) in [6.45, 7) is 0.720. The molecule has 0 bridgehead atoms. The second kappa shape index (κ2) is 6.60. The van der Waals surface area contributed by atoms with Crippen LogP contribution in [0.15, 0.2) is 18.5 Å². The topological polar surface area (TPSA) is 48.1 Å². The predicted octanol–water partition coefficient (Wildman–Crippen LogP) is 2.68. The average Bonchev–Trinajstić information content (AvgIpc) is 2.39. The molecule has 0 aliphatic heterocycles. The largest absolute Gasteiger partial charge is 0.490 e. The predicted molar refractivity (Wildman–Crippen MR) is 69.1 cm³/mol. The SMILES string of the molecule is NCCCc1cnccc1OC1CCCCC1. The fourth-order valence-corrected chi connectivity index (χ4v) is 2.37. The molecule has 0 unspecified atom stereocenters. The lowest BCUT2D eigenvalue weighted by Crippen LogP contribution is -2.20. The van der Waals surface area contributed by atoms with Gasteiger partial charge in [0.2, 0.25) is 0 Å². The number of rotatable bonds is 5. The molecule has 1 saturated carbocycles. The maximum atomic E-state index is 6.10. The van der Waals surface area contributed by atoms with Crippen LogP contribution in [0.25, 0.3) is 0 Å². The van der Waals surface area contributed by atoms with Crippen LogP contribution in [0.1, 0.15) is 44.1 Å². The van der Waals surface area contributed by atoms with Gasteiger partial charge in [0.25, 0.3) is 0 Å². The Bertz CT molecular complexity index is 335. The van der Waals surface area contributed by atoms with Gasteiger partial charge in [-0.3, -0.25) is 4.98 Å². The van der Waals surface area contributed by atoms with E-state index in [9.17, 15) is 0 Å². The lowest BCUT2D eigenvalue weighted by Gasteiger charge is -2.24. The number of aryl methyl sites for hydroxylation is 1. The quantitative estimate of drug-likeness (QED) is 0.852. The molecule has 3 nitrogen and oxygen atoms in total. The van der Waals surface area contributed by atoms with Gasteiger partial charge < -0.3 is 10.5 Å². The highest BCUT2D eigenvalue weighted by Gasteiger charge is 2.16. The Kier molecular flexibility index (Phi) is 4.80. The van der Waals surface area contributed by atoms with Gasteiger partial charge in [-0.15, -0.1) is 0 Å². The van der Waals surface area contributed by atoms with E-state index in [4.69, 9.17) is 10.5 Å². The number of hydrogen-bond acceptors (Lipinski definition) is 3. The van der Waals surface area contributed by atoms with Crippen molar-refractivity contribution in [2.45, 2.75) is 51.0 Å². The molecule has 1 fully saturated rings. The zero-order chi connectivity index (χ0) is 11.9. The van der Waals surface area contributed by atoms with Crippen molar-refractivity contribution in [3.8, 4) is 5.75 Å². The Balaban J connectivity index is 1.98. The minimum absolute atomic E-state index is 0.405. The van der Waals surface area contributed by atoms with Gasteiger partial charge >= 0.3 is 0 Å². The Labute approximate surface area is 103 Å². The van der Waals surface area contributed by atoms with Crippen LogP contribution < -0.4 is 10.5 Å². The Morgan fingerprint density at radius 2 is 2.12 bits per heavy atom. The molecule has 94 valence electrons. The number of aromatic nitrogens is 1. The van der Waals surface area contributed by atoms with E-state index >= 15 is 0 Å². The molecule has 17 heavy (non-hydrogen) atoms. The van der Waals surface area contributed by atoms with Crippen molar-refractivity contribution in [3.05, 3.63) is 24.0 Å². The zero-order valence-electron chi connectivity index (χ0n) is 10.4. The first-order valence-corrected chi connectivity index (χ1v) is 6.70. The van der Waals surface area contributed by atoms with Crippen molar-refractivity contribution in [2.75, 3.05) is 6.54 Å². The first-order valence-electron chi connectivity index (χ1n) is 6.70. The maximum Gasteiger partial charge on any atom is 0.125 e. The van der Waals surface area contributed by atoms with Crippen molar-refractivity contribution in [2.24, 2.45) is 5.73 Å². The second-order valence-electron chi connectivity index (χ2n) is 4.75. The van der Waals surface area contributed by atoms with Crippen molar-refractivity contribution in [1.82, 2.24) is 4.98 Å². The molecule has 2 rings (SSSR count). The molecule has 0 radical (unpaired) electrons. The van der Waals surface area contributed by atoms with E-state index in [1.54, 1.807) is 0 Å². The zero-order valence-corrected chi connectivity index (χ0v) is 10.4. The monoisotopic (exact) mass is 234 g/mol. The molecule has 0 saturated heterocycles. The van der Waals surface area contributed by atoms with Crippen molar-refractivity contribution in [1.29, 1.82) is 0 Å². The molecular formula is C14H22N2O. The van der Waals surface area contributed by atoms with Crippen LogP contribution in [0.3, 0.4) is 0 Å². The fraction of sp³-hybridized carbons (Fsp3) is 0.643. The first-order chi connectivity index (χ1) is 8.40. The summed E-state index contributed by atoms with van der Waals surface area (Å²) in [5.74, 6) is 1.01. The summed E-state index contributed by atoms with van der Waals surface area (Å²) in [5.41, 5.74) is 6.75. The normalized spacial score (nSPS) is 17.0. The van der Waals surface area contributed by atoms with Gasteiger partial charge in [-0.2, -0.15) is 0 Å². The van der Waals surface area contributed by atoms with Crippen molar-refractivity contribution >= 4 is 0 Å². The summed E-state index contributed by atoms with van der Waals surface area (Å²) in [6, 6.07) is 1.99. The summed E-state index contributed by atoms with van der Waals surface area (Å²) in [4.78, 5) is 4.17. The Morgan fingerprint density at radius 3 is 2.88 bits per heavy atom. The van der Waals surface area contributed by atoms with E-state index in [-0.39, 0.29) is 0 Å². The number of pyridine rings is 1. The molecule has 1 aromatic rings. The van der Waals surface area contributed by atoms with E-state index in [2.05, 4.69) is 4.98 Å². The molecule has 1 aliphatic carbocycles. The molecule has 0 aromatic carbocycles. The van der Waals surface area contributed by atoms with Crippen molar-refractivity contribution in [3.63, 3.8) is 0 Å². The Hall–Kier alpha value is -1.09. The summed E-state index contributed by atoms with van der Waals surface area (Å²) < 4.78 is 6.10. The third-order valence-electron chi connectivity index (χ3n) is 3.35. The molecule has 2 N–H and O–H groups in total. The van der Waals surface area contributed by atoms with Gasteiger partial charge in [0.05, 0.1) is 6.10 Å². The van der Waals surface area contributed by atoms with E-state index in [1.165, 1.54) is 37.7 Å². The lowest BCUT2D eigenvalue weighted by atomic mass is 9.97. The fourth-order valence-electron chi connectivity index (χ4n) is 2.37. The third-order valence-corrected chi connectivity index (χ3v) is 3.35. The van der Waals surface area contributed by atoms with Crippen molar-refractivity contribution < 1.29 is 4.74 Å². The van der Waals surface area contributed by atoms with Crippen LogP contribution in [0.4, 0.5) is 0 Å². The average molecular weight is 234 g/mol. The van der Waals surface area contributed by atoms with Gasteiger partial charge in [0, 0.05) is 18.0 Å².